The van der Waals surface area contributed by atoms with Crippen LogP contribution in [0.3, 0.4) is 0 Å². The number of amides is 1. The maximum Gasteiger partial charge on any atom is 0.226 e. The number of benzene rings is 1. The molecule has 0 heterocycles. The molecule has 3 N–H and O–H groups in total. The average Bonchev–Trinajstić information content (AvgIpc) is 2.19. The van der Waals surface area contributed by atoms with Gasteiger partial charge in [-0.3, -0.25) is 4.79 Å². The summed E-state index contributed by atoms with van der Waals surface area (Å²) in [5.74, 6) is -0.0290. The molecule has 3 nitrogen and oxygen atoms in total. The molecule has 0 atom stereocenters. The third kappa shape index (κ3) is 3.57. The molecule has 0 fully saturated rings. The van der Waals surface area contributed by atoms with Crippen LogP contribution in [0.25, 0.3) is 0 Å². The molecule has 0 saturated heterocycles. The number of nitrogens with two attached hydrogens (primary N) is 1. The van der Waals surface area contributed by atoms with Crippen molar-refractivity contribution in [1.29, 1.82) is 0 Å². The third-order valence-corrected chi connectivity index (χ3v) is 3.25. The lowest BCUT2D eigenvalue weighted by Gasteiger charge is -2.20. The molecule has 1 rings (SSSR count). The van der Waals surface area contributed by atoms with Crippen LogP contribution in [-0.4, -0.2) is 11.4 Å². The summed E-state index contributed by atoms with van der Waals surface area (Å²) >= 11 is 0. The van der Waals surface area contributed by atoms with Crippen molar-refractivity contribution in [3.05, 3.63) is 28.3 Å². The van der Waals surface area contributed by atoms with E-state index >= 15 is 0 Å². The van der Waals surface area contributed by atoms with Crippen LogP contribution < -0.4 is 11.1 Å². The molecule has 18 heavy (non-hydrogen) atoms. The predicted molar refractivity (Wildman–Crippen MR) is 76.9 cm³/mol. The van der Waals surface area contributed by atoms with E-state index in [9.17, 15) is 4.79 Å². The van der Waals surface area contributed by atoms with Crippen molar-refractivity contribution in [3.8, 4) is 0 Å². The van der Waals surface area contributed by atoms with E-state index in [1.165, 1.54) is 11.1 Å². The highest BCUT2D eigenvalue weighted by Gasteiger charge is 2.18. The van der Waals surface area contributed by atoms with Gasteiger partial charge in [0.05, 0.1) is 0 Å². The van der Waals surface area contributed by atoms with E-state index in [0.29, 0.717) is 6.42 Å². The van der Waals surface area contributed by atoms with Crippen molar-refractivity contribution in [3.63, 3.8) is 0 Å². The zero-order valence-corrected chi connectivity index (χ0v) is 12.3. The van der Waals surface area contributed by atoms with Gasteiger partial charge >= 0.3 is 0 Å². The molecule has 0 unspecified atom stereocenters. The molecular formula is C15H24N2O. The highest BCUT2D eigenvalue weighted by atomic mass is 16.1. The van der Waals surface area contributed by atoms with E-state index in [1.807, 2.05) is 27.7 Å². The molecule has 0 radical (unpaired) electrons. The summed E-state index contributed by atoms with van der Waals surface area (Å²) in [5, 5.41) is 3.00. The van der Waals surface area contributed by atoms with Gasteiger partial charge in [-0.05, 0) is 63.8 Å². The molecule has 0 bridgehead atoms. The Kier molecular flexibility index (Phi) is 4.17. The first kappa shape index (κ1) is 14.7. The fourth-order valence-electron chi connectivity index (χ4n) is 2.00. The van der Waals surface area contributed by atoms with Crippen LogP contribution in [-0.2, 0) is 4.79 Å². The summed E-state index contributed by atoms with van der Waals surface area (Å²) in [6.07, 6.45) is 0.318. The summed E-state index contributed by atoms with van der Waals surface area (Å²) in [6, 6.07) is 2.15. The topological polar surface area (TPSA) is 55.1 Å². The molecule has 0 saturated carbocycles. The normalized spacial score (nSPS) is 11.5. The van der Waals surface area contributed by atoms with Gasteiger partial charge in [-0.15, -0.1) is 0 Å². The van der Waals surface area contributed by atoms with Crippen molar-refractivity contribution in [2.45, 2.75) is 53.5 Å². The van der Waals surface area contributed by atoms with E-state index in [-0.39, 0.29) is 5.91 Å². The van der Waals surface area contributed by atoms with Gasteiger partial charge in [-0.25, -0.2) is 0 Å². The average molecular weight is 248 g/mol. The second-order valence-electron chi connectivity index (χ2n) is 5.85. The first-order valence-electron chi connectivity index (χ1n) is 6.28. The number of carbonyl (C=O) groups excluding carboxylic acids is 1. The Morgan fingerprint density at radius 2 is 1.61 bits per heavy atom. The van der Waals surface area contributed by atoms with E-state index in [1.54, 1.807) is 0 Å². The zero-order chi connectivity index (χ0) is 14.1. The van der Waals surface area contributed by atoms with Crippen molar-refractivity contribution in [2.24, 2.45) is 5.73 Å². The van der Waals surface area contributed by atoms with E-state index in [0.717, 1.165) is 16.8 Å². The Hall–Kier alpha value is -1.35. The molecule has 1 amide bonds. The minimum atomic E-state index is -0.481. The largest absolute Gasteiger partial charge is 0.326 e. The van der Waals surface area contributed by atoms with Crippen LogP contribution in [0.1, 0.15) is 42.5 Å². The lowest BCUT2D eigenvalue weighted by atomic mass is 9.97. The number of nitrogens with one attached hydrogen (secondary N) is 1. The second-order valence-corrected chi connectivity index (χ2v) is 5.85. The van der Waals surface area contributed by atoms with Crippen molar-refractivity contribution in [1.82, 2.24) is 0 Å². The Morgan fingerprint density at radius 3 is 2.00 bits per heavy atom. The molecule has 0 spiro atoms. The number of rotatable bonds is 3. The number of aryl methyl sites for hydroxylation is 2. The van der Waals surface area contributed by atoms with Crippen LogP contribution in [0, 0.1) is 27.7 Å². The summed E-state index contributed by atoms with van der Waals surface area (Å²) in [5.41, 5.74) is 11.0. The Balaban J connectivity index is 3.01. The van der Waals surface area contributed by atoms with Gasteiger partial charge in [0.25, 0.3) is 0 Å². The van der Waals surface area contributed by atoms with Crippen molar-refractivity contribution >= 4 is 11.6 Å². The van der Waals surface area contributed by atoms with Gasteiger partial charge in [0.1, 0.15) is 0 Å². The lowest BCUT2D eigenvalue weighted by Crippen LogP contribution is -2.36. The fourth-order valence-corrected chi connectivity index (χ4v) is 2.00. The lowest BCUT2D eigenvalue weighted by molar-refractivity contribution is -0.117. The molecule has 100 valence electrons. The minimum absolute atomic E-state index is 0.0290. The van der Waals surface area contributed by atoms with Crippen LogP contribution in [0.15, 0.2) is 6.07 Å². The van der Waals surface area contributed by atoms with Gasteiger partial charge in [0.2, 0.25) is 5.91 Å². The molecule has 1 aromatic carbocycles. The molecule has 0 aliphatic carbocycles. The van der Waals surface area contributed by atoms with Gasteiger partial charge in [-0.2, -0.15) is 0 Å². The van der Waals surface area contributed by atoms with Crippen molar-refractivity contribution in [2.75, 3.05) is 5.32 Å². The van der Waals surface area contributed by atoms with Crippen LogP contribution in [0.2, 0.25) is 0 Å². The Morgan fingerprint density at radius 1 is 1.17 bits per heavy atom. The zero-order valence-electron chi connectivity index (χ0n) is 12.3. The number of carbonyl (C=O) groups is 1. The Bertz CT molecular complexity index is 444. The van der Waals surface area contributed by atoms with Crippen LogP contribution in [0.4, 0.5) is 5.69 Å². The second kappa shape index (κ2) is 5.11. The monoisotopic (exact) mass is 248 g/mol. The Labute approximate surface area is 110 Å². The molecule has 1 aromatic rings. The quantitative estimate of drug-likeness (QED) is 0.864. The molecule has 3 heteroatoms. The molecular weight excluding hydrogens is 224 g/mol. The first-order chi connectivity index (χ1) is 8.11. The highest BCUT2D eigenvalue weighted by molar-refractivity contribution is 5.93. The fraction of sp³-hybridized carbons (Fsp3) is 0.533. The minimum Gasteiger partial charge on any atom is -0.326 e. The number of anilines is 1. The smallest absolute Gasteiger partial charge is 0.226 e. The molecule has 0 aliphatic rings. The summed E-state index contributed by atoms with van der Waals surface area (Å²) in [7, 11) is 0. The summed E-state index contributed by atoms with van der Waals surface area (Å²) in [6.45, 7) is 11.9. The number of hydrogen-bond acceptors (Lipinski definition) is 2. The summed E-state index contributed by atoms with van der Waals surface area (Å²) in [4.78, 5) is 12.0. The summed E-state index contributed by atoms with van der Waals surface area (Å²) < 4.78 is 0. The van der Waals surface area contributed by atoms with E-state index in [2.05, 4.69) is 25.2 Å². The number of hydrogen-bond donors (Lipinski definition) is 2. The van der Waals surface area contributed by atoms with Gasteiger partial charge in [0, 0.05) is 17.6 Å². The van der Waals surface area contributed by atoms with Gasteiger partial charge < -0.3 is 11.1 Å². The predicted octanol–water partition coefficient (Wildman–Crippen LogP) is 2.99. The maximum absolute atomic E-state index is 12.0. The van der Waals surface area contributed by atoms with E-state index in [4.69, 9.17) is 5.73 Å². The molecule has 0 aromatic heterocycles. The standard InChI is InChI=1S/C15H24N2O/c1-9-7-10(2)12(4)14(11(9)3)17-13(18)8-15(5,6)16/h7H,8,16H2,1-6H3,(H,17,18). The first-order valence-corrected chi connectivity index (χ1v) is 6.28. The SMILES string of the molecule is Cc1cc(C)c(C)c(NC(=O)CC(C)(C)N)c1C. The third-order valence-electron chi connectivity index (χ3n) is 3.25. The van der Waals surface area contributed by atoms with Gasteiger partial charge in [-0.1, -0.05) is 6.07 Å². The van der Waals surface area contributed by atoms with Crippen LogP contribution >= 0.6 is 0 Å². The highest BCUT2D eigenvalue weighted by Crippen LogP contribution is 2.26. The maximum atomic E-state index is 12.0. The van der Waals surface area contributed by atoms with Crippen LogP contribution in [0.5, 0.6) is 0 Å². The van der Waals surface area contributed by atoms with Gasteiger partial charge in [0.15, 0.2) is 0 Å². The van der Waals surface area contributed by atoms with Crippen molar-refractivity contribution < 1.29 is 4.79 Å². The molecule has 0 aliphatic heterocycles. The van der Waals surface area contributed by atoms with E-state index < -0.39 is 5.54 Å².